The number of nitrogens with one attached hydrogen (secondary N) is 2. The fraction of sp³-hybridized carbons (Fsp3) is 0.455. The molecule has 2 aliphatic heterocycles. The Labute approximate surface area is 271 Å². The molecule has 6 rings (SSSR count). The molecule has 2 aliphatic rings. The summed E-state index contributed by atoms with van der Waals surface area (Å²) in [6.07, 6.45) is 8.67. The summed E-state index contributed by atoms with van der Waals surface area (Å²) in [4.78, 5) is 23.4. The first-order valence-corrected chi connectivity index (χ1v) is 18.3. The number of hydrogen-bond donors (Lipinski definition) is 2. The molecule has 0 unspecified atom stereocenters. The van der Waals surface area contributed by atoms with Gasteiger partial charge in [0.15, 0.2) is 5.82 Å². The molecule has 2 N–H and O–H groups in total. The van der Waals surface area contributed by atoms with Gasteiger partial charge in [0.25, 0.3) is 0 Å². The van der Waals surface area contributed by atoms with E-state index in [1.54, 1.807) is 25.7 Å². The van der Waals surface area contributed by atoms with Crippen LogP contribution < -0.4 is 25.6 Å². The minimum atomic E-state index is -0.493. The first-order valence-electron chi connectivity index (χ1n) is 15.7. The van der Waals surface area contributed by atoms with Gasteiger partial charge >= 0.3 is 0 Å². The highest BCUT2D eigenvalue weighted by Gasteiger charge is 2.34. The Kier molecular flexibility index (Phi) is 9.85. The summed E-state index contributed by atoms with van der Waals surface area (Å²) in [5.74, 6) is 1.69. The number of anilines is 5. The number of ether oxygens (including phenoxy) is 2. The lowest BCUT2D eigenvalue weighted by Gasteiger charge is -2.47. The minimum absolute atomic E-state index is 0.410. The van der Waals surface area contributed by atoms with E-state index in [9.17, 15) is 0 Å². The van der Waals surface area contributed by atoms with E-state index in [1.807, 2.05) is 12.1 Å². The maximum Gasteiger partial charge on any atom is 0.229 e. The monoisotopic (exact) mass is 648 g/mol. The predicted molar refractivity (Wildman–Crippen MR) is 186 cm³/mol. The van der Waals surface area contributed by atoms with Crippen LogP contribution >= 0.6 is 19.5 Å². The molecule has 2 aromatic carbocycles. The number of aromatic nitrogens is 4. The molecule has 2 fully saturated rings. The molecule has 45 heavy (non-hydrogen) atoms. The zero-order valence-electron chi connectivity index (χ0n) is 26.7. The second-order valence-corrected chi connectivity index (χ2v) is 14.3. The average Bonchev–Trinajstić information content (AvgIpc) is 3.03. The third-order valence-electron chi connectivity index (χ3n) is 8.69. The lowest BCUT2D eigenvalue weighted by atomic mass is 9.97. The van der Waals surface area contributed by atoms with Gasteiger partial charge < -0.3 is 25.0 Å². The molecule has 2 aromatic heterocycles. The Morgan fingerprint density at radius 1 is 1.00 bits per heavy atom. The number of methoxy groups -OCH3 is 1. The fourth-order valence-corrected chi connectivity index (χ4v) is 7.72. The lowest BCUT2D eigenvalue weighted by Crippen LogP contribution is -2.58. The number of piperidine rings is 1. The predicted octanol–water partition coefficient (Wildman–Crippen LogP) is 6.19. The van der Waals surface area contributed by atoms with E-state index in [0.29, 0.717) is 28.9 Å². The van der Waals surface area contributed by atoms with Crippen molar-refractivity contribution in [3.05, 3.63) is 53.4 Å². The quantitative estimate of drug-likeness (QED) is 0.183. The van der Waals surface area contributed by atoms with Crippen LogP contribution in [0.5, 0.6) is 5.75 Å². The molecular weight excluding hydrogens is 607 g/mol. The largest absolute Gasteiger partial charge is 0.494 e. The lowest BCUT2D eigenvalue weighted by molar-refractivity contribution is -0.0712. The number of fused-ring (bicyclic) bond motifs is 1. The van der Waals surface area contributed by atoms with Gasteiger partial charge in [-0.05, 0) is 63.3 Å². The molecule has 2 saturated heterocycles. The van der Waals surface area contributed by atoms with Gasteiger partial charge in [-0.2, -0.15) is 4.98 Å². The first kappa shape index (κ1) is 31.7. The fourth-order valence-electron chi connectivity index (χ4n) is 6.38. The average molecular weight is 649 g/mol. The molecule has 0 spiro atoms. The molecule has 0 bridgehead atoms. The van der Waals surface area contributed by atoms with Crippen molar-refractivity contribution in [2.45, 2.75) is 45.3 Å². The van der Waals surface area contributed by atoms with Crippen molar-refractivity contribution >= 4 is 64.7 Å². The van der Waals surface area contributed by atoms with Crippen LogP contribution in [0.2, 0.25) is 5.02 Å². The van der Waals surface area contributed by atoms with Crippen molar-refractivity contribution in [1.29, 1.82) is 0 Å². The SMILES string of the molecule is CCOC1CN(C2CCN(c3cc(OC)c(Nc4ncc(Cl)c(Nc5ccc6nccnc6c5P(C)C)n4)cc3CC)CC2)C1. The number of hydrogen-bond acceptors (Lipinski definition) is 10. The van der Waals surface area contributed by atoms with Gasteiger partial charge in [-0.25, -0.2) is 4.98 Å². The Morgan fingerprint density at radius 3 is 2.49 bits per heavy atom. The molecule has 10 nitrogen and oxygen atoms in total. The maximum absolute atomic E-state index is 6.60. The molecular formula is C33H42ClN8O2P. The van der Waals surface area contributed by atoms with E-state index in [4.69, 9.17) is 26.1 Å². The highest BCUT2D eigenvalue weighted by atomic mass is 35.5. The summed E-state index contributed by atoms with van der Waals surface area (Å²) in [7, 11) is 1.21. The third kappa shape index (κ3) is 6.80. The molecule has 12 heteroatoms. The van der Waals surface area contributed by atoms with E-state index >= 15 is 0 Å². The van der Waals surface area contributed by atoms with Crippen LogP contribution in [0.1, 0.15) is 32.3 Å². The normalized spacial score (nSPS) is 16.3. The summed E-state index contributed by atoms with van der Waals surface area (Å²) >= 11 is 6.60. The van der Waals surface area contributed by atoms with Gasteiger partial charge in [0.1, 0.15) is 10.8 Å². The summed E-state index contributed by atoms with van der Waals surface area (Å²) in [5.41, 5.74) is 5.97. The highest BCUT2D eigenvalue weighted by molar-refractivity contribution is 7.65. The van der Waals surface area contributed by atoms with Crippen molar-refractivity contribution < 1.29 is 9.47 Å². The van der Waals surface area contributed by atoms with Crippen molar-refractivity contribution in [2.24, 2.45) is 0 Å². The highest BCUT2D eigenvalue weighted by Crippen LogP contribution is 2.38. The van der Waals surface area contributed by atoms with E-state index < -0.39 is 7.92 Å². The Balaban J connectivity index is 1.20. The minimum Gasteiger partial charge on any atom is -0.494 e. The summed E-state index contributed by atoms with van der Waals surface area (Å²) in [6, 6.07) is 8.93. The van der Waals surface area contributed by atoms with E-state index in [-0.39, 0.29) is 0 Å². The molecule has 0 amide bonds. The van der Waals surface area contributed by atoms with Gasteiger partial charge in [0.2, 0.25) is 5.95 Å². The summed E-state index contributed by atoms with van der Waals surface area (Å²) in [5, 5.41) is 8.39. The van der Waals surface area contributed by atoms with E-state index in [1.165, 1.54) is 11.3 Å². The van der Waals surface area contributed by atoms with Crippen molar-refractivity contribution in [3.63, 3.8) is 0 Å². The third-order valence-corrected chi connectivity index (χ3v) is 10.3. The summed E-state index contributed by atoms with van der Waals surface area (Å²) in [6.45, 7) is 13.6. The van der Waals surface area contributed by atoms with Gasteiger partial charge in [0, 0.05) is 74.0 Å². The van der Waals surface area contributed by atoms with Crippen LogP contribution in [0.15, 0.2) is 42.9 Å². The topological polar surface area (TPSA) is 101 Å². The Hall–Kier alpha value is -3.30. The van der Waals surface area contributed by atoms with Crippen LogP contribution in [-0.4, -0.2) is 90.2 Å². The van der Waals surface area contributed by atoms with Crippen molar-refractivity contribution in [1.82, 2.24) is 24.8 Å². The number of benzene rings is 2. The van der Waals surface area contributed by atoms with E-state index in [0.717, 1.165) is 85.5 Å². The van der Waals surface area contributed by atoms with Crippen LogP contribution in [0.25, 0.3) is 11.0 Å². The number of likely N-dealkylation sites (tertiary alicyclic amines) is 1. The van der Waals surface area contributed by atoms with Crippen LogP contribution in [0.4, 0.5) is 28.8 Å². The van der Waals surface area contributed by atoms with Crippen LogP contribution in [0, 0.1) is 0 Å². The van der Waals surface area contributed by atoms with Gasteiger partial charge in [-0.15, -0.1) is 0 Å². The standard InChI is InChI=1S/C33H42ClN8O2P/c1-6-21-16-27(29(43-3)17-28(21)41-14-10-22(11-15-41)42-19-23(20-42)44-7-2)39-33-37-18-24(34)32(40-33)38-26-9-8-25-30(31(26)45(4)5)36-13-12-35-25/h8-9,12-13,16-18,22-23H,6-7,10-11,14-15,19-20H2,1-5H3,(H2,37,38,39,40). The van der Waals surface area contributed by atoms with E-state index in [2.05, 4.69) is 74.7 Å². The molecule has 0 atom stereocenters. The zero-order chi connectivity index (χ0) is 31.5. The van der Waals surface area contributed by atoms with Gasteiger partial charge in [0.05, 0.1) is 36.1 Å². The Bertz CT molecular complexity index is 1640. The Morgan fingerprint density at radius 2 is 1.78 bits per heavy atom. The maximum atomic E-state index is 6.60. The number of nitrogens with zero attached hydrogens (tertiary/aromatic N) is 6. The molecule has 4 aromatic rings. The van der Waals surface area contributed by atoms with Crippen LogP contribution in [0.3, 0.4) is 0 Å². The molecule has 4 heterocycles. The number of rotatable bonds is 11. The van der Waals surface area contributed by atoms with Crippen LogP contribution in [-0.2, 0) is 11.2 Å². The van der Waals surface area contributed by atoms with Gasteiger partial charge in [-0.1, -0.05) is 26.4 Å². The van der Waals surface area contributed by atoms with Crippen molar-refractivity contribution in [2.75, 3.05) is 68.8 Å². The number of aryl methyl sites for hydroxylation is 1. The molecule has 0 radical (unpaired) electrons. The molecule has 0 aliphatic carbocycles. The zero-order valence-corrected chi connectivity index (χ0v) is 28.3. The smallest absolute Gasteiger partial charge is 0.229 e. The molecule has 0 saturated carbocycles. The second kappa shape index (κ2) is 14.0. The van der Waals surface area contributed by atoms with Gasteiger partial charge in [-0.3, -0.25) is 14.9 Å². The number of halogens is 1. The van der Waals surface area contributed by atoms with Crippen molar-refractivity contribution in [3.8, 4) is 5.75 Å². The summed E-state index contributed by atoms with van der Waals surface area (Å²) < 4.78 is 11.7. The first-order chi connectivity index (χ1) is 21.9. The second-order valence-electron chi connectivity index (χ2n) is 11.7. The molecule has 238 valence electrons.